The van der Waals surface area contributed by atoms with Gasteiger partial charge in [-0.2, -0.15) is 0 Å². The van der Waals surface area contributed by atoms with Gasteiger partial charge in [-0.1, -0.05) is 155 Å². The van der Waals surface area contributed by atoms with Crippen LogP contribution in [0, 0.1) is 44.0 Å². The van der Waals surface area contributed by atoms with Crippen molar-refractivity contribution in [2.45, 2.75) is 79.8 Å². The van der Waals surface area contributed by atoms with E-state index >= 15 is 0 Å². The van der Waals surface area contributed by atoms with Crippen molar-refractivity contribution in [1.82, 2.24) is 9.97 Å². The summed E-state index contributed by atoms with van der Waals surface area (Å²) in [4.78, 5) is 8.91. The van der Waals surface area contributed by atoms with Crippen LogP contribution in [-0.2, 0) is 32.9 Å². The van der Waals surface area contributed by atoms with Gasteiger partial charge in [0.1, 0.15) is 5.58 Å². The van der Waals surface area contributed by atoms with E-state index in [4.69, 9.17) is 22.2 Å². The van der Waals surface area contributed by atoms with Gasteiger partial charge < -0.3 is 14.4 Å². The minimum Gasteiger partial charge on any atom is -0.501 e. The molecule has 1 saturated carbocycles. The fraction of sp³-hybridized carbons (Fsp3) is 0.259. The topological polar surface area (TPSA) is 38.9 Å². The van der Waals surface area contributed by atoms with Crippen molar-refractivity contribution in [2.75, 3.05) is 0 Å². The molecule has 0 atom stereocenters. The molecule has 0 bridgehead atoms. The Bertz CT molecular complexity index is 3170. The van der Waals surface area contributed by atoms with Crippen LogP contribution in [0.2, 0.25) is 0 Å². The molecule has 0 N–H and O–H groups in total. The second-order valence-electron chi connectivity index (χ2n) is 15.5. The SMILES string of the molecule is [2H]C([2H])([2H])c1c[c-]c(-c2ccc(C([2H])([2H])C(C)(C)C)cn2)cc1-c1ccccc1.[2H]C([2H])([2H])c1cnc(-c2[c-]ccc3c2oc2ccccc23)cc1-c1ccc(C([2H])([2H])C2CCCC2)cc1C([2H])([2H])[2H].[Ir]. The molecule has 0 spiro atoms. The molecule has 9 rings (SSSR count). The molecule has 1 radical (unpaired) electrons. The van der Waals surface area contributed by atoms with Gasteiger partial charge in [0.25, 0.3) is 0 Å². The van der Waals surface area contributed by atoms with E-state index in [9.17, 15) is 0 Å². The molecular weight excluding hydrogens is 885 g/mol. The fourth-order valence-corrected chi connectivity index (χ4v) is 7.43. The van der Waals surface area contributed by atoms with Crippen LogP contribution in [0.25, 0.3) is 66.7 Å². The number of fused-ring (bicyclic) bond motifs is 3. The number of furan rings is 1. The van der Waals surface area contributed by atoms with E-state index in [1.165, 1.54) is 18.3 Å². The van der Waals surface area contributed by atoms with Crippen LogP contribution in [0.3, 0.4) is 0 Å². The molecule has 5 aromatic carbocycles. The molecule has 1 aliphatic rings. The largest absolute Gasteiger partial charge is 0.501 e. The summed E-state index contributed by atoms with van der Waals surface area (Å²) in [7, 11) is 0. The first kappa shape index (κ1) is 27.5. The van der Waals surface area contributed by atoms with E-state index in [-0.39, 0.29) is 53.8 Å². The van der Waals surface area contributed by atoms with Crippen LogP contribution in [0.5, 0.6) is 0 Å². The maximum atomic E-state index is 8.82. The zero-order valence-electron chi connectivity index (χ0n) is 45.7. The van der Waals surface area contributed by atoms with Crippen molar-refractivity contribution in [1.29, 1.82) is 0 Å². The van der Waals surface area contributed by atoms with Gasteiger partial charge in [-0.3, -0.25) is 0 Å². The van der Waals surface area contributed by atoms with Gasteiger partial charge in [0.2, 0.25) is 0 Å². The third kappa shape index (κ3) is 9.25. The summed E-state index contributed by atoms with van der Waals surface area (Å²) in [6, 6.07) is 39.8. The number of para-hydroxylation sites is 1. The van der Waals surface area contributed by atoms with E-state index in [2.05, 4.69) is 22.1 Å². The molecule has 3 nitrogen and oxygen atoms in total. The van der Waals surface area contributed by atoms with E-state index in [0.717, 1.165) is 42.0 Å². The van der Waals surface area contributed by atoms with Crippen LogP contribution in [0.4, 0.5) is 0 Å². The van der Waals surface area contributed by atoms with Gasteiger partial charge in [0.05, 0.1) is 5.58 Å². The Morgan fingerprint density at radius 2 is 1.47 bits per heavy atom. The molecule has 58 heavy (non-hydrogen) atoms. The van der Waals surface area contributed by atoms with Crippen molar-refractivity contribution in [3.05, 3.63) is 168 Å². The normalized spacial score (nSPS) is 17.5. The number of aryl methyl sites for hydroxylation is 3. The first-order valence-corrected chi connectivity index (χ1v) is 19.3. The van der Waals surface area contributed by atoms with Crippen LogP contribution in [0.1, 0.15) is 92.1 Å². The standard InChI is InChI=1S/C31H28NO.C23H24N.Ir/c1-20-16-23(17-22-8-3-4-9-22)14-15-24(20)28-18-29(32-19-21(28)2)27-12-7-11-26-25-10-5-6-13-30(25)33-31(26)27;1-17-10-12-20(14-21(17)19-8-6-5-7-9-19)22-13-11-18(16-24-22)15-23(2,3)4;/h5-7,10-11,13-16,18-19,22H,3-4,8-9,17H2,1-2H3;5-11,13-14,16H,15H2,1-4H3;/q2*-1;/i1D3,2D3,17D2;1D3,15D2;. The van der Waals surface area contributed by atoms with Gasteiger partial charge in [0, 0.05) is 55.7 Å². The van der Waals surface area contributed by atoms with E-state index in [0.29, 0.717) is 50.4 Å². The second kappa shape index (κ2) is 17.8. The van der Waals surface area contributed by atoms with Crippen LogP contribution in [-0.4, -0.2) is 9.97 Å². The van der Waals surface area contributed by atoms with Crippen molar-refractivity contribution in [3.63, 3.8) is 0 Å². The first-order chi connectivity index (χ1) is 32.8. The molecule has 0 unspecified atom stereocenters. The Labute approximate surface area is 376 Å². The number of pyridine rings is 2. The number of hydrogen-bond donors (Lipinski definition) is 0. The van der Waals surface area contributed by atoms with E-state index in [1.807, 2.05) is 81.4 Å². The minimum absolute atomic E-state index is 0. The van der Waals surface area contributed by atoms with Crippen molar-refractivity contribution in [3.8, 4) is 44.8 Å². The Hall–Kier alpha value is -5.15. The molecule has 0 aliphatic heterocycles. The fourth-order valence-electron chi connectivity index (χ4n) is 7.43. The van der Waals surface area contributed by atoms with Gasteiger partial charge in [-0.25, -0.2) is 0 Å². The van der Waals surface area contributed by atoms with E-state index in [1.54, 1.807) is 48.7 Å². The molecule has 1 fully saturated rings. The predicted octanol–water partition coefficient (Wildman–Crippen LogP) is 14.6. The zero-order valence-corrected chi connectivity index (χ0v) is 35.1. The maximum Gasteiger partial charge on any atom is 0.120 e. The van der Waals surface area contributed by atoms with Gasteiger partial charge in [-0.15, -0.1) is 47.5 Å². The number of hydrogen-bond acceptors (Lipinski definition) is 3. The van der Waals surface area contributed by atoms with E-state index < -0.39 is 38.7 Å². The molecule has 3 heterocycles. The zero-order chi connectivity index (χ0) is 50.6. The van der Waals surface area contributed by atoms with Crippen molar-refractivity contribution in [2.24, 2.45) is 11.3 Å². The summed E-state index contributed by atoms with van der Waals surface area (Å²) in [5.74, 6) is -0.192. The molecule has 4 heteroatoms. The molecule has 0 saturated heterocycles. The summed E-state index contributed by atoms with van der Waals surface area (Å²) in [5, 5.41) is 1.79. The number of benzene rings is 5. The molecule has 0 amide bonds. The average molecular weight is 950 g/mol. The molecule has 1 aliphatic carbocycles. The number of nitrogens with zero attached hydrogens (tertiary/aromatic N) is 2. The number of rotatable bonds is 7. The summed E-state index contributed by atoms with van der Waals surface area (Å²) in [5.41, 5.74) is 5.60. The van der Waals surface area contributed by atoms with Crippen LogP contribution < -0.4 is 0 Å². The van der Waals surface area contributed by atoms with Crippen LogP contribution in [0.15, 0.2) is 132 Å². The van der Waals surface area contributed by atoms with Gasteiger partial charge >= 0.3 is 0 Å². The molecule has 8 aromatic rings. The monoisotopic (exact) mass is 950 g/mol. The Morgan fingerprint density at radius 1 is 0.707 bits per heavy atom. The number of aromatic nitrogens is 2. The minimum atomic E-state index is -2.61. The summed E-state index contributed by atoms with van der Waals surface area (Å²) >= 11 is 0. The summed E-state index contributed by atoms with van der Waals surface area (Å²) < 4.78 is 114. The van der Waals surface area contributed by atoms with Gasteiger partial charge in [-0.05, 0) is 94.2 Å². The Balaban J connectivity index is 0.000000219. The maximum absolute atomic E-state index is 8.82. The van der Waals surface area contributed by atoms with Crippen molar-refractivity contribution >= 4 is 21.9 Å². The molecule has 295 valence electrons. The van der Waals surface area contributed by atoms with Crippen molar-refractivity contribution < 1.29 is 42.3 Å². The third-order valence-electron chi connectivity index (χ3n) is 10.1. The third-order valence-corrected chi connectivity index (χ3v) is 10.1. The Morgan fingerprint density at radius 3 is 2.22 bits per heavy atom. The van der Waals surface area contributed by atoms with Crippen LogP contribution >= 0.6 is 0 Å². The molecule has 3 aromatic heterocycles. The second-order valence-corrected chi connectivity index (χ2v) is 15.5. The van der Waals surface area contributed by atoms with Gasteiger partial charge in [0.15, 0.2) is 0 Å². The molecular formula is C54H52IrN2O-2. The summed E-state index contributed by atoms with van der Waals surface area (Å²) in [6.45, 7) is -1.87. The average Bonchev–Trinajstić information content (AvgIpc) is 4.00. The quantitative estimate of drug-likeness (QED) is 0.149. The Kier molecular flexibility index (Phi) is 8.43. The first-order valence-electron chi connectivity index (χ1n) is 25.8. The smallest absolute Gasteiger partial charge is 0.120 e. The summed E-state index contributed by atoms with van der Waals surface area (Å²) in [6.07, 6.45) is 2.99. The predicted molar refractivity (Wildman–Crippen MR) is 238 cm³/mol.